The van der Waals surface area contributed by atoms with Gasteiger partial charge in [-0.25, -0.2) is 0 Å². The summed E-state index contributed by atoms with van der Waals surface area (Å²) in [6, 6.07) is 8.98. The fourth-order valence-electron chi connectivity index (χ4n) is 3.50. The highest BCUT2D eigenvalue weighted by Crippen LogP contribution is 2.31. The lowest BCUT2D eigenvalue weighted by atomic mass is 9.99. The monoisotopic (exact) mass is 287 g/mol. The molecule has 2 N–H and O–H groups in total. The van der Waals surface area contributed by atoms with Gasteiger partial charge >= 0.3 is 0 Å². The summed E-state index contributed by atoms with van der Waals surface area (Å²) in [4.78, 5) is 4.85. The molecule has 1 saturated heterocycles. The van der Waals surface area contributed by atoms with Gasteiger partial charge < -0.3 is 15.1 Å². The van der Waals surface area contributed by atoms with Crippen LogP contribution in [0.25, 0.3) is 11.0 Å². The number of hydrogen-bond donors (Lipinski definition) is 1. The number of likely N-dealkylation sites (tertiary alicyclic amines) is 1. The lowest BCUT2D eigenvalue weighted by molar-refractivity contribution is 0.101. The molecule has 0 bridgehead atoms. The molecule has 0 spiro atoms. The Labute approximate surface area is 126 Å². The molecular formula is C17H25N3O. The third kappa shape index (κ3) is 2.84. The number of benzene rings is 1. The summed E-state index contributed by atoms with van der Waals surface area (Å²) in [7, 11) is 4.40. The molecule has 3 rings (SSSR count). The second-order valence-electron chi connectivity index (χ2n) is 6.16. The Bertz CT molecular complexity index is 594. The van der Waals surface area contributed by atoms with Crippen molar-refractivity contribution in [3.05, 3.63) is 36.1 Å². The Hall–Kier alpha value is -1.36. The Balaban J connectivity index is 1.87. The second-order valence-corrected chi connectivity index (χ2v) is 6.16. The minimum Gasteiger partial charge on any atom is -0.464 e. The Morgan fingerprint density at radius 3 is 3.00 bits per heavy atom. The van der Waals surface area contributed by atoms with Crippen LogP contribution in [0.5, 0.6) is 0 Å². The number of nitrogens with two attached hydrogens (primary N) is 1. The highest BCUT2D eigenvalue weighted by molar-refractivity contribution is 5.81. The molecule has 114 valence electrons. The number of piperidine rings is 1. The van der Waals surface area contributed by atoms with Gasteiger partial charge in [0, 0.05) is 30.1 Å². The summed E-state index contributed by atoms with van der Waals surface area (Å²) in [6.45, 7) is 2.93. The van der Waals surface area contributed by atoms with Crippen molar-refractivity contribution in [1.29, 1.82) is 0 Å². The molecule has 1 aromatic carbocycles. The number of rotatable bonds is 4. The molecule has 1 aliphatic heterocycles. The topological polar surface area (TPSA) is 45.6 Å². The van der Waals surface area contributed by atoms with Crippen molar-refractivity contribution in [3.63, 3.8) is 0 Å². The minimum atomic E-state index is 0.213. The largest absolute Gasteiger partial charge is 0.464 e. The van der Waals surface area contributed by atoms with Crippen molar-refractivity contribution in [2.75, 3.05) is 33.7 Å². The molecule has 0 aliphatic carbocycles. The zero-order chi connectivity index (χ0) is 14.8. The van der Waals surface area contributed by atoms with Crippen LogP contribution in [0, 0.1) is 0 Å². The van der Waals surface area contributed by atoms with Gasteiger partial charge in [-0.2, -0.15) is 0 Å². The molecule has 0 radical (unpaired) electrons. The fraction of sp³-hybridized carbons (Fsp3) is 0.529. The van der Waals surface area contributed by atoms with Gasteiger partial charge in [-0.1, -0.05) is 18.2 Å². The first-order chi connectivity index (χ1) is 10.2. The van der Waals surface area contributed by atoms with E-state index in [2.05, 4.69) is 36.0 Å². The van der Waals surface area contributed by atoms with E-state index >= 15 is 0 Å². The molecule has 4 nitrogen and oxygen atoms in total. The van der Waals surface area contributed by atoms with Crippen molar-refractivity contribution in [2.24, 2.45) is 5.73 Å². The van der Waals surface area contributed by atoms with Gasteiger partial charge in [-0.15, -0.1) is 0 Å². The Morgan fingerprint density at radius 1 is 1.43 bits per heavy atom. The molecule has 4 heteroatoms. The third-order valence-corrected chi connectivity index (χ3v) is 4.76. The van der Waals surface area contributed by atoms with Crippen molar-refractivity contribution in [1.82, 2.24) is 9.80 Å². The van der Waals surface area contributed by atoms with Crippen molar-refractivity contribution in [3.8, 4) is 0 Å². The molecule has 1 fully saturated rings. The predicted octanol–water partition coefficient (Wildman–Crippen LogP) is 2.46. The molecule has 2 unspecified atom stereocenters. The maximum Gasteiger partial charge on any atom is 0.134 e. The molecular weight excluding hydrogens is 262 g/mol. The van der Waals surface area contributed by atoms with E-state index in [-0.39, 0.29) is 6.04 Å². The van der Waals surface area contributed by atoms with Crippen LogP contribution in [0.2, 0.25) is 0 Å². The standard InChI is InChI=1S/C17H25N3O/c1-19-9-5-6-13(11-19)20(2)16(10-18)15-12-21-17-8-4-3-7-14(15)17/h3-4,7-8,12-13,16H,5-6,9-11,18H2,1-2H3. The summed E-state index contributed by atoms with van der Waals surface area (Å²) in [6.07, 6.45) is 4.38. The Morgan fingerprint density at radius 2 is 2.24 bits per heavy atom. The highest BCUT2D eigenvalue weighted by atomic mass is 16.3. The molecule has 21 heavy (non-hydrogen) atoms. The van der Waals surface area contributed by atoms with Crippen LogP contribution in [0.3, 0.4) is 0 Å². The van der Waals surface area contributed by atoms with Crippen LogP contribution < -0.4 is 5.73 Å². The Kier molecular flexibility index (Phi) is 4.29. The predicted molar refractivity (Wildman–Crippen MR) is 86.3 cm³/mol. The van der Waals surface area contributed by atoms with Crippen LogP contribution >= 0.6 is 0 Å². The summed E-state index contributed by atoms with van der Waals surface area (Å²) >= 11 is 0. The number of furan rings is 1. The summed E-state index contributed by atoms with van der Waals surface area (Å²) in [5, 5.41) is 1.18. The van der Waals surface area contributed by atoms with E-state index in [0.29, 0.717) is 12.6 Å². The van der Waals surface area contributed by atoms with E-state index in [1.54, 1.807) is 0 Å². The summed E-state index contributed by atoms with van der Waals surface area (Å²) < 4.78 is 5.70. The smallest absolute Gasteiger partial charge is 0.134 e. The molecule has 1 aliphatic rings. The first kappa shape index (κ1) is 14.6. The first-order valence-corrected chi connectivity index (χ1v) is 7.77. The maximum absolute atomic E-state index is 6.10. The molecule has 2 atom stereocenters. The number of fused-ring (bicyclic) bond motifs is 1. The van der Waals surface area contributed by atoms with Crippen LogP contribution in [-0.4, -0.2) is 49.6 Å². The SMILES string of the molecule is CN1CCCC(N(C)C(CN)c2coc3ccccc23)C1. The normalized spacial score (nSPS) is 22.0. The number of likely N-dealkylation sites (N-methyl/N-ethyl adjacent to an activating group) is 2. The number of para-hydroxylation sites is 1. The maximum atomic E-state index is 6.10. The van der Waals surface area contributed by atoms with Crippen molar-refractivity contribution < 1.29 is 4.42 Å². The molecule has 2 heterocycles. The third-order valence-electron chi connectivity index (χ3n) is 4.76. The van der Waals surface area contributed by atoms with Gasteiger partial charge in [0.1, 0.15) is 5.58 Å². The van der Waals surface area contributed by atoms with E-state index in [9.17, 15) is 0 Å². The van der Waals surface area contributed by atoms with Crippen LogP contribution in [0.4, 0.5) is 0 Å². The highest BCUT2D eigenvalue weighted by Gasteiger charge is 2.28. The van der Waals surface area contributed by atoms with Gasteiger partial charge in [0.2, 0.25) is 0 Å². The van der Waals surface area contributed by atoms with Crippen molar-refractivity contribution in [2.45, 2.75) is 24.9 Å². The van der Waals surface area contributed by atoms with Gasteiger partial charge in [0.15, 0.2) is 0 Å². The van der Waals surface area contributed by atoms with Crippen LogP contribution in [0.15, 0.2) is 34.9 Å². The second kappa shape index (κ2) is 6.18. The quantitative estimate of drug-likeness (QED) is 0.938. The van der Waals surface area contributed by atoms with E-state index in [1.807, 2.05) is 18.4 Å². The van der Waals surface area contributed by atoms with Gasteiger partial charge in [-0.05, 0) is 39.5 Å². The molecule has 1 aromatic heterocycles. The summed E-state index contributed by atoms with van der Waals surface area (Å²) in [5.41, 5.74) is 8.26. The molecule has 0 saturated carbocycles. The van der Waals surface area contributed by atoms with E-state index in [4.69, 9.17) is 10.2 Å². The molecule has 2 aromatic rings. The van der Waals surface area contributed by atoms with Crippen LogP contribution in [-0.2, 0) is 0 Å². The molecule has 0 amide bonds. The number of hydrogen-bond acceptors (Lipinski definition) is 4. The van der Waals surface area contributed by atoms with E-state index in [1.165, 1.54) is 30.3 Å². The van der Waals surface area contributed by atoms with E-state index < -0.39 is 0 Å². The summed E-state index contributed by atoms with van der Waals surface area (Å²) in [5.74, 6) is 0. The van der Waals surface area contributed by atoms with Gasteiger partial charge in [-0.3, -0.25) is 4.90 Å². The zero-order valence-electron chi connectivity index (χ0n) is 13.0. The van der Waals surface area contributed by atoms with Gasteiger partial charge in [0.25, 0.3) is 0 Å². The number of nitrogens with zero attached hydrogens (tertiary/aromatic N) is 2. The first-order valence-electron chi connectivity index (χ1n) is 7.77. The van der Waals surface area contributed by atoms with Gasteiger partial charge in [0.05, 0.1) is 12.3 Å². The zero-order valence-corrected chi connectivity index (χ0v) is 13.0. The lowest BCUT2D eigenvalue weighted by Crippen LogP contribution is -2.47. The lowest BCUT2D eigenvalue weighted by Gasteiger charge is -2.39. The van der Waals surface area contributed by atoms with Crippen molar-refractivity contribution >= 4 is 11.0 Å². The van der Waals surface area contributed by atoms with Crippen LogP contribution in [0.1, 0.15) is 24.4 Å². The minimum absolute atomic E-state index is 0.213. The average Bonchev–Trinajstić information content (AvgIpc) is 2.92. The average molecular weight is 287 g/mol. The fourth-order valence-corrected chi connectivity index (χ4v) is 3.50. The van der Waals surface area contributed by atoms with E-state index in [0.717, 1.165) is 12.1 Å².